The SMILES string of the molecule is Cc1ccc(C[C@H](N)CNc2ncc(-c3ccc4cnc(F)cc4c3)s2)cn1. The molecule has 0 aliphatic rings. The molecule has 4 rings (SSSR count). The van der Waals surface area contributed by atoms with Crippen LogP contribution in [0.5, 0.6) is 0 Å². The molecule has 0 bridgehead atoms. The van der Waals surface area contributed by atoms with Crippen molar-refractivity contribution >= 4 is 27.2 Å². The molecule has 0 saturated carbocycles. The molecule has 1 atom stereocenters. The Balaban J connectivity index is 1.40. The topological polar surface area (TPSA) is 76.7 Å². The average molecular weight is 393 g/mol. The molecule has 142 valence electrons. The first-order valence-electron chi connectivity index (χ1n) is 8.99. The number of nitrogens with one attached hydrogen (secondary N) is 1. The first-order valence-corrected chi connectivity index (χ1v) is 9.81. The lowest BCUT2D eigenvalue weighted by Crippen LogP contribution is -2.31. The summed E-state index contributed by atoms with van der Waals surface area (Å²) in [5.74, 6) is -0.478. The lowest BCUT2D eigenvalue weighted by Gasteiger charge is -2.12. The van der Waals surface area contributed by atoms with Crippen molar-refractivity contribution in [1.82, 2.24) is 15.0 Å². The number of aromatic nitrogens is 3. The Kier molecular flexibility index (Phi) is 5.27. The molecule has 0 unspecified atom stereocenters. The minimum atomic E-state index is -0.478. The van der Waals surface area contributed by atoms with Crippen LogP contribution in [0.3, 0.4) is 0 Å². The second-order valence-electron chi connectivity index (χ2n) is 6.75. The predicted molar refractivity (Wildman–Crippen MR) is 112 cm³/mol. The van der Waals surface area contributed by atoms with Crippen molar-refractivity contribution in [1.29, 1.82) is 0 Å². The summed E-state index contributed by atoms with van der Waals surface area (Å²) in [7, 11) is 0. The Labute approximate surface area is 166 Å². The monoisotopic (exact) mass is 393 g/mol. The van der Waals surface area contributed by atoms with Crippen LogP contribution in [0.15, 0.2) is 55.0 Å². The Hall–Kier alpha value is -2.90. The summed E-state index contributed by atoms with van der Waals surface area (Å²) in [5, 5.41) is 5.85. The summed E-state index contributed by atoms with van der Waals surface area (Å²) < 4.78 is 13.4. The quantitative estimate of drug-likeness (QED) is 0.481. The van der Waals surface area contributed by atoms with Crippen LogP contribution in [-0.2, 0) is 6.42 Å². The van der Waals surface area contributed by atoms with E-state index in [4.69, 9.17) is 5.73 Å². The molecule has 0 amide bonds. The van der Waals surface area contributed by atoms with Gasteiger partial charge in [0.2, 0.25) is 5.95 Å². The summed E-state index contributed by atoms with van der Waals surface area (Å²) >= 11 is 1.55. The van der Waals surface area contributed by atoms with Crippen LogP contribution in [0.25, 0.3) is 21.2 Å². The molecule has 0 aliphatic heterocycles. The zero-order valence-electron chi connectivity index (χ0n) is 15.4. The van der Waals surface area contributed by atoms with Crippen molar-refractivity contribution in [2.75, 3.05) is 11.9 Å². The second-order valence-corrected chi connectivity index (χ2v) is 7.78. The Bertz CT molecular complexity index is 1090. The minimum absolute atomic E-state index is 0.0343. The number of rotatable bonds is 6. The summed E-state index contributed by atoms with van der Waals surface area (Å²) in [5.41, 5.74) is 9.35. The molecule has 28 heavy (non-hydrogen) atoms. The van der Waals surface area contributed by atoms with E-state index >= 15 is 0 Å². The van der Waals surface area contributed by atoms with Crippen LogP contribution in [0, 0.1) is 12.9 Å². The third-order valence-electron chi connectivity index (χ3n) is 4.46. The molecule has 0 fully saturated rings. The first-order chi connectivity index (χ1) is 13.6. The van der Waals surface area contributed by atoms with Gasteiger partial charge in [0.15, 0.2) is 5.13 Å². The number of thiazole rings is 1. The van der Waals surface area contributed by atoms with Gasteiger partial charge in [-0.05, 0) is 42.0 Å². The average Bonchev–Trinajstić information content (AvgIpc) is 3.17. The van der Waals surface area contributed by atoms with Gasteiger partial charge in [-0.15, -0.1) is 0 Å². The highest BCUT2D eigenvalue weighted by Crippen LogP contribution is 2.31. The van der Waals surface area contributed by atoms with E-state index in [2.05, 4.69) is 26.3 Å². The first kappa shape index (κ1) is 18.5. The maximum Gasteiger partial charge on any atom is 0.213 e. The highest BCUT2D eigenvalue weighted by Gasteiger charge is 2.09. The molecule has 7 heteroatoms. The molecular formula is C21H20FN5S. The van der Waals surface area contributed by atoms with E-state index in [1.807, 2.05) is 43.6 Å². The van der Waals surface area contributed by atoms with Crippen molar-refractivity contribution in [3.63, 3.8) is 0 Å². The van der Waals surface area contributed by atoms with E-state index in [-0.39, 0.29) is 6.04 Å². The summed E-state index contributed by atoms with van der Waals surface area (Å²) in [4.78, 5) is 13.4. The largest absolute Gasteiger partial charge is 0.360 e. The number of halogens is 1. The van der Waals surface area contributed by atoms with E-state index in [0.717, 1.165) is 44.0 Å². The molecule has 3 heterocycles. The third-order valence-corrected chi connectivity index (χ3v) is 5.47. The fourth-order valence-corrected chi connectivity index (χ4v) is 3.79. The number of aryl methyl sites for hydroxylation is 1. The van der Waals surface area contributed by atoms with Gasteiger partial charge in [-0.25, -0.2) is 9.97 Å². The van der Waals surface area contributed by atoms with Crippen LogP contribution < -0.4 is 11.1 Å². The van der Waals surface area contributed by atoms with E-state index < -0.39 is 5.95 Å². The maximum absolute atomic E-state index is 13.4. The van der Waals surface area contributed by atoms with Gasteiger partial charge in [-0.2, -0.15) is 4.39 Å². The number of hydrogen-bond donors (Lipinski definition) is 2. The lowest BCUT2D eigenvalue weighted by molar-refractivity contribution is 0.586. The fraction of sp³-hybridized carbons (Fsp3) is 0.190. The maximum atomic E-state index is 13.4. The van der Waals surface area contributed by atoms with E-state index in [9.17, 15) is 4.39 Å². The third kappa shape index (κ3) is 4.32. The van der Waals surface area contributed by atoms with Crippen molar-refractivity contribution in [3.05, 3.63) is 72.2 Å². The van der Waals surface area contributed by atoms with Crippen molar-refractivity contribution in [3.8, 4) is 10.4 Å². The van der Waals surface area contributed by atoms with Crippen LogP contribution in [0.1, 0.15) is 11.3 Å². The number of benzene rings is 1. The van der Waals surface area contributed by atoms with Crippen molar-refractivity contribution in [2.24, 2.45) is 5.73 Å². The van der Waals surface area contributed by atoms with Crippen molar-refractivity contribution < 1.29 is 4.39 Å². The predicted octanol–water partition coefficient (Wildman–Crippen LogP) is 4.18. The van der Waals surface area contributed by atoms with Gasteiger partial charge >= 0.3 is 0 Å². The number of anilines is 1. The number of pyridine rings is 2. The molecule has 0 radical (unpaired) electrons. The second kappa shape index (κ2) is 8.00. The zero-order chi connectivity index (χ0) is 19.5. The zero-order valence-corrected chi connectivity index (χ0v) is 16.2. The highest BCUT2D eigenvalue weighted by atomic mass is 32.1. The molecule has 4 aromatic rings. The summed E-state index contributed by atoms with van der Waals surface area (Å²) in [6, 6.07) is 11.3. The van der Waals surface area contributed by atoms with Gasteiger partial charge in [-0.3, -0.25) is 4.98 Å². The number of fused-ring (bicyclic) bond motifs is 1. The molecule has 0 aliphatic carbocycles. The standard InChI is InChI=1S/C21H20FN5S/c1-13-2-3-14(9-24-13)6-18(23)11-26-21-27-12-19(28-21)15-4-5-16-10-25-20(22)8-17(16)7-15/h2-5,7-10,12,18H,6,11,23H2,1H3,(H,26,27)/t18-/m0/s1. The molecule has 0 saturated heterocycles. The highest BCUT2D eigenvalue weighted by molar-refractivity contribution is 7.18. The van der Waals surface area contributed by atoms with Crippen LogP contribution in [-0.4, -0.2) is 27.5 Å². The fourth-order valence-electron chi connectivity index (χ4n) is 2.97. The molecule has 1 aromatic carbocycles. The number of nitrogens with zero attached hydrogens (tertiary/aromatic N) is 3. The van der Waals surface area contributed by atoms with Crippen LogP contribution >= 0.6 is 11.3 Å². The molecule has 0 spiro atoms. The summed E-state index contributed by atoms with van der Waals surface area (Å²) in [6.07, 6.45) is 5.98. The van der Waals surface area contributed by atoms with Gasteiger partial charge in [0.05, 0.1) is 4.88 Å². The van der Waals surface area contributed by atoms with Gasteiger partial charge in [-0.1, -0.05) is 29.5 Å². The van der Waals surface area contributed by atoms with Crippen LogP contribution in [0.2, 0.25) is 0 Å². The smallest absolute Gasteiger partial charge is 0.213 e. The van der Waals surface area contributed by atoms with E-state index in [1.54, 1.807) is 17.5 Å². The summed E-state index contributed by atoms with van der Waals surface area (Å²) in [6.45, 7) is 2.59. The number of nitrogens with two attached hydrogens (primary N) is 1. The van der Waals surface area contributed by atoms with E-state index in [0.29, 0.717) is 6.54 Å². The van der Waals surface area contributed by atoms with Crippen molar-refractivity contribution in [2.45, 2.75) is 19.4 Å². The Morgan fingerprint density at radius 1 is 1.04 bits per heavy atom. The Morgan fingerprint density at radius 3 is 2.75 bits per heavy atom. The van der Waals surface area contributed by atoms with Gasteiger partial charge in [0, 0.05) is 48.3 Å². The molecular weight excluding hydrogens is 373 g/mol. The van der Waals surface area contributed by atoms with Gasteiger partial charge in [0.25, 0.3) is 0 Å². The van der Waals surface area contributed by atoms with E-state index in [1.165, 1.54) is 6.07 Å². The lowest BCUT2D eigenvalue weighted by atomic mass is 10.1. The number of hydrogen-bond acceptors (Lipinski definition) is 6. The molecule has 3 N–H and O–H groups in total. The minimum Gasteiger partial charge on any atom is -0.360 e. The normalized spacial score (nSPS) is 12.2. The molecule has 3 aromatic heterocycles. The van der Waals surface area contributed by atoms with Gasteiger partial charge in [0.1, 0.15) is 0 Å². The Morgan fingerprint density at radius 2 is 1.93 bits per heavy atom. The van der Waals surface area contributed by atoms with Crippen LogP contribution in [0.4, 0.5) is 9.52 Å². The van der Waals surface area contributed by atoms with Gasteiger partial charge < -0.3 is 11.1 Å². The molecule has 5 nitrogen and oxygen atoms in total.